The molecule has 1 aromatic carbocycles. The van der Waals surface area contributed by atoms with Crippen molar-refractivity contribution < 1.29 is 23.5 Å². The molecule has 0 spiro atoms. The first-order chi connectivity index (χ1) is 14.6. The van der Waals surface area contributed by atoms with Crippen molar-refractivity contribution in [2.75, 3.05) is 11.9 Å². The molecule has 1 heterocycles. The lowest BCUT2D eigenvalue weighted by atomic mass is 9.86. The quantitative estimate of drug-likeness (QED) is 0.649. The average molecular weight is 410 g/mol. The van der Waals surface area contributed by atoms with Crippen LogP contribution in [-0.2, 0) is 20.9 Å². The third-order valence-electron chi connectivity index (χ3n) is 6.13. The second-order valence-corrected chi connectivity index (χ2v) is 8.16. The summed E-state index contributed by atoms with van der Waals surface area (Å²) in [6, 6.07) is 10.2. The van der Waals surface area contributed by atoms with Gasteiger partial charge in [-0.1, -0.05) is 18.6 Å². The summed E-state index contributed by atoms with van der Waals surface area (Å²) in [7, 11) is 0. The zero-order valence-electron chi connectivity index (χ0n) is 16.8. The number of furan rings is 1. The zero-order chi connectivity index (χ0) is 20.9. The first-order valence-electron chi connectivity index (χ1n) is 10.4. The van der Waals surface area contributed by atoms with Gasteiger partial charge in [0.25, 0.3) is 11.8 Å². The Labute approximate surface area is 175 Å². The third-order valence-corrected chi connectivity index (χ3v) is 6.13. The Balaban J connectivity index is 1.25. The number of hydrogen-bond acceptors (Lipinski definition) is 5. The Morgan fingerprint density at radius 2 is 1.93 bits per heavy atom. The van der Waals surface area contributed by atoms with E-state index in [1.54, 1.807) is 36.4 Å². The van der Waals surface area contributed by atoms with Crippen LogP contribution in [0.2, 0.25) is 0 Å². The fraction of sp³-hybridized carbons (Fsp3) is 0.435. The molecule has 7 heteroatoms. The van der Waals surface area contributed by atoms with E-state index in [4.69, 9.17) is 9.15 Å². The van der Waals surface area contributed by atoms with Crippen molar-refractivity contribution in [1.82, 2.24) is 5.32 Å². The van der Waals surface area contributed by atoms with Crippen molar-refractivity contribution in [2.24, 2.45) is 17.8 Å². The fourth-order valence-electron chi connectivity index (χ4n) is 4.70. The minimum absolute atomic E-state index is 0.245. The van der Waals surface area contributed by atoms with Crippen LogP contribution in [0.5, 0.6) is 0 Å². The highest BCUT2D eigenvalue weighted by atomic mass is 16.5. The molecule has 0 radical (unpaired) electrons. The Morgan fingerprint density at radius 3 is 2.67 bits per heavy atom. The van der Waals surface area contributed by atoms with E-state index >= 15 is 0 Å². The van der Waals surface area contributed by atoms with Crippen LogP contribution in [0, 0.1) is 17.8 Å². The normalized spacial score (nSPS) is 21.9. The third kappa shape index (κ3) is 4.90. The van der Waals surface area contributed by atoms with Crippen molar-refractivity contribution in [3.63, 3.8) is 0 Å². The first kappa shape index (κ1) is 20.2. The molecule has 4 rings (SSSR count). The van der Waals surface area contributed by atoms with Crippen LogP contribution in [-0.4, -0.2) is 24.4 Å². The summed E-state index contributed by atoms with van der Waals surface area (Å²) in [5, 5.41) is 5.41. The summed E-state index contributed by atoms with van der Waals surface area (Å²) >= 11 is 0. The Bertz CT molecular complexity index is 908. The number of amides is 2. The average Bonchev–Trinajstić information content (AvgIpc) is 3.49. The highest BCUT2D eigenvalue weighted by Crippen LogP contribution is 2.49. The molecule has 158 valence electrons. The molecule has 2 aliphatic rings. The number of benzene rings is 1. The molecule has 2 bridgehead atoms. The van der Waals surface area contributed by atoms with Crippen molar-refractivity contribution in [3.05, 3.63) is 54.0 Å². The van der Waals surface area contributed by atoms with Gasteiger partial charge in [0.15, 0.2) is 6.61 Å². The number of para-hydroxylation sites is 1. The largest absolute Gasteiger partial charge is 0.467 e. The predicted molar refractivity (Wildman–Crippen MR) is 109 cm³/mol. The molecular weight excluding hydrogens is 384 g/mol. The maximum Gasteiger partial charge on any atom is 0.306 e. The van der Waals surface area contributed by atoms with Crippen molar-refractivity contribution >= 4 is 23.5 Å². The van der Waals surface area contributed by atoms with E-state index in [2.05, 4.69) is 10.6 Å². The molecule has 2 fully saturated rings. The van der Waals surface area contributed by atoms with Gasteiger partial charge in [-0.25, -0.2) is 0 Å². The van der Waals surface area contributed by atoms with Crippen molar-refractivity contribution in [1.29, 1.82) is 0 Å². The van der Waals surface area contributed by atoms with E-state index in [1.165, 1.54) is 25.5 Å². The number of carbonyl (C=O) groups is 3. The standard InChI is InChI=1S/C23H26N2O5/c26-21(14-30-22(27)12-17-11-15-7-8-16(17)10-15)25-20-6-2-1-5-19(20)23(28)24-13-18-4-3-9-29-18/h1-6,9,15-17H,7-8,10-14H2,(H,24,28)(H,25,26)/t15-,16+,17+/m0/s1. The van der Waals surface area contributed by atoms with Gasteiger partial charge in [-0.3, -0.25) is 14.4 Å². The molecular formula is C23H26N2O5. The van der Waals surface area contributed by atoms with Crippen LogP contribution in [0.1, 0.15) is 48.2 Å². The van der Waals surface area contributed by atoms with E-state index < -0.39 is 5.91 Å². The van der Waals surface area contributed by atoms with E-state index in [9.17, 15) is 14.4 Å². The van der Waals surface area contributed by atoms with Crippen LogP contribution in [0.3, 0.4) is 0 Å². The van der Waals surface area contributed by atoms with Crippen LogP contribution in [0.15, 0.2) is 47.1 Å². The predicted octanol–water partition coefficient (Wildman–Crippen LogP) is 3.52. The molecule has 2 amide bonds. The van der Waals surface area contributed by atoms with Gasteiger partial charge in [0.2, 0.25) is 0 Å². The minimum atomic E-state index is -0.470. The Hall–Kier alpha value is -3.09. The number of ether oxygens (including phenoxy) is 1. The van der Waals surface area contributed by atoms with Gasteiger partial charge in [0.05, 0.1) is 24.1 Å². The summed E-state index contributed by atoms with van der Waals surface area (Å²) in [5.41, 5.74) is 0.689. The zero-order valence-corrected chi connectivity index (χ0v) is 16.8. The highest BCUT2D eigenvalue weighted by Gasteiger charge is 2.40. The molecule has 2 aliphatic carbocycles. The molecule has 0 saturated heterocycles. The smallest absolute Gasteiger partial charge is 0.306 e. The molecule has 30 heavy (non-hydrogen) atoms. The summed E-state index contributed by atoms with van der Waals surface area (Å²) < 4.78 is 10.4. The molecule has 2 aromatic rings. The van der Waals surface area contributed by atoms with E-state index in [0.29, 0.717) is 35.3 Å². The summed E-state index contributed by atoms with van der Waals surface area (Å²) in [4.78, 5) is 36.9. The van der Waals surface area contributed by atoms with Gasteiger partial charge in [0.1, 0.15) is 5.76 Å². The lowest BCUT2D eigenvalue weighted by Crippen LogP contribution is -2.26. The number of anilines is 1. The summed E-state index contributed by atoms with van der Waals surface area (Å²) in [6.45, 7) is -0.114. The minimum Gasteiger partial charge on any atom is -0.467 e. The van der Waals surface area contributed by atoms with Crippen LogP contribution in [0.25, 0.3) is 0 Å². The number of fused-ring (bicyclic) bond motifs is 2. The topological polar surface area (TPSA) is 97.6 Å². The van der Waals surface area contributed by atoms with Gasteiger partial charge in [-0.15, -0.1) is 0 Å². The van der Waals surface area contributed by atoms with Crippen LogP contribution >= 0.6 is 0 Å². The molecule has 2 saturated carbocycles. The fourth-order valence-corrected chi connectivity index (χ4v) is 4.70. The van der Waals surface area contributed by atoms with Crippen molar-refractivity contribution in [2.45, 2.75) is 38.6 Å². The van der Waals surface area contributed by atoms with Gasteiger partial charge >= 0.3 is 5.97 Å². The van der Waals surface area contributed by atoms with Crippen LogP contribution in [0.4, 0.5) is 5.69 Å². The summed E-state index contributed by atoms with van der Waals surface area (Å²) in [5.74, 6) is 1.31. The second-order valence-electron chi connectivity index (χ2n) is 8.16. The van der Waals surface area contributed by atoms with Gasteiger partial charge in [0, 0.05) is 6.42 Å². The SMILES string of the molecule is O=C(COC(=O)C[C@H]1C[C@H]2CC[C@@H]1C2)Nc1ccccc1C(=O)NCc1ccco1. The lowest BCUT2D eigenvalue weighted by Gasteiger charge is -2.20. The highest BCUT2D eigenvalue weighted by molar-refractivity contribution is 6.04. The monoisotopic (exact) mass is 410 g/mol. The molecule has 0 unspecified atom stereocenters. The second kappa shape index (κ2) is 9.15. The number of carbonyl (C=O) groups excluding carboxylic acids is 3. The molecule has 3 atom stereocenters. The molecule has 1 aromatic heterocycles. The number of nitrogens with one attached hydrogen (secondary N) is 2. The maximum atomic E-state index is 12.5. The summed E-state index contributed by atoms with van der Waals surface area (Å²) in [6.07, 6.45) is 6.76. The van der Waals surface area contributed by atoms with Crippen molar-refractivity contribution in [3.8, 4) is 0 Å². The number of hydrogen-bond donors (Lipinski definition) is 2. The van der Waals surface area contributed by atoms with E-state index in [1.807, 2.05) is 0 Å². The first-order valence-corrected chi connectivity index (χ1v) is 10.4. The number of esters is 1. The van der Waals surface area contributed by atoms with Gasteiger partial charge in [-0.2, -0.15) is 0 Å². The Kier molecular flexibility index (Phi) is 6.16. The molecule has 0 aliphatic heterocycles. The van der Waals surface area contributed by atoms with Crippen LogP contribution < -0.4 is 10.6 Å². The van der Waals surface area contributed by atoms with E-state index in [0.717, 1.165) is 12.3 Å². The molecule has 7 nitrogen and oxygen atoms in total. The number of rotatable bonds is 8. The lowest BCUT2D eigenvalue weighted by molar-refractivity contribution is -0.148. The molecule has 2 N–H and O–H groups in total. The van der Waals surface area contributed by atoms with Gasteiger partial charge < -0.3 is 19.8 Å². The van der Waals surface area contributed by atoms with Gasteiger partial charge in [-0.05, 0) is 61.3 Å². The maximum absolute atomic E-state index is 12.5. The Morgan fingerprint density at radius 1 is 1.07 bits per heavy atom. The van der Waals surface area contributed by atoms with E-state index in [-0.39, 0.29) is 25.0 Å².